The van der Waals surface area contributed by atoms with Gasteiger partial charge in [-0.2, -0.15) is 0 Å². The third-order valence-electron chi connectivity index (χ3n) is 2.89. The summed E-state index contributed by atoms with van der Waals surface area (Å²) >= 11 is 0. The summed E-state index contributed by atoms with van der Waals surface area (Å²) in [5.74, 6) is 1.56. The summed E-state index contributed by atoms with van der Waals surface area (Å²) in [5, 5.41) is 12.3. The van der Waals surface area contributed by atoms with Crippen LogP contribution in [0.5, 0.6) is 0 Å². The highest BCUT2D eigenvalue weighted by atomic mass is 16.4. The lowest BCUT2D eigenvalue weighted by Gasteiger charge is -2.28. The molecule has 0 bridgehead atoms. The SMILES string of the molecule is C#CCNC(CC)(Cc1ccccc1)C(=O)O. The minimum absolute atomic E-state index is 0.257. The first-order chi connectivity index (χ1) is 8.14. The summed E-state index contributed by atoms with van der Waals surface area (Å²) in [6.45, 7) is 2.10. The zero-order chi connectivity index (χ0) is 12.7. The molecular formula is C14H17NO2. The molecular weight excluding hydrogens is 214 g/mol. The molecule has 0 spiro atoms. The van der Waals surface area contributed by atoms with Gasteiger partial charge in [0.2, 0.25) is 0 Å². The Morgan fingerprint density at radius 3 is 2.59 bits per heavy atom. The number of carbonyl (C=O) groups is 1. The Kier molecular flexibility index (Phi) is 4.74. The highest BCUT2D eigenvalue weighted by molar-refractivity contribution is 5.79. The monoisotopic (exact) mass is 231 g/mol. The van der Waals surface area contributed by atoms with Crippen molar-refractivity contribution in [2.45, 2.75) is 25.3 Å². The third kappa shape index (κ3) is 3.33. The topological polar surface area (TPSA) is 49.3 Å². The Morgan fingerprint density at radius 1 is 1.47 bits per heavy atom. The zero-order valence-electron chi connectivity index (χ0n) is 9.94. The van der Waals surface area contributed by atoms with Gasteiger partial charge in [-0.1, -0.05) is 43.2 Å². The second-order valence-electron chi connectivity index (χ2n) is 3.96. The van der Waals surface area contributed by atoms with Crippen LogP contribution in [0.1, 0.15) is 18.9 Å². The van der Waals surface area contributed by atoms with E-state index in [1.807, 2.05) is 37.3 Å². The van der Waals surface area contributed by atoms with Crippen molar-refractivity contribution < 1.29 is 9.90 Å². The maximum Gasteiger partial charge on any atom is 0.324 e. The molecule has 0 aliphatic heterocycles. The van der Waals surface area contributed by atoms with Crippen LogP contribution in [0.15, 0.2) is 30.3 Å². The van der Waals surface area contributed by atoms with E-state index in [-0.39, 0.29) is 6.54 Å². The molecule has 0 radical (unpaired) electrons. The number of carboxylic acid groups (broad SMARTS) is 1. The standard InChI is InChI=1S/C14H17NO2/c1-3-10-15-14(4-2,13(16)17)11-12-8-6-5-7-9-12/h1,5-9,15H,4,10-11H2,2H3,(H,16,17). The number of nitrogens with one attached hydrogen (secondary N) is 1. The van der Waals surface area contributed by atoms with E-state index in [0.29, 0.717) is 12.8 Å². The first-order valence-electron chi connectivity index (χ1n) is 5.60. The Labute approximate surface area is 102 Å². The van der Waals surface area contributed by atoms with Crippen LogP contribution in [0.3, 0.4) is 0 Å². The lowest BCUT2D eigenvalue weighted by Crippen LogP contribution is -2.53. The maximum absolute atomic E-state index is 11.4. The molecule has 0 amide bonds. The molecule has 0 aliphatic rings. The maximum atomic E-state index is 11.4. The van der Waals surface area contributed by atoms with Gasteiger partial charge in [0.05, 0.1) is 6.54 Å². The van der Waals surface area contributed by atoms with E-state index < -0.39 is 11.5 Å². The highest BCUT2D eigenvalue weighted by Crippen LogP contribution is 2.18. The predicted octanol–water partition coefficient (Wildman–Crippen LogP) is 1.69. The van der Waals surface area contributed by atoms with Gasteiger partial charge in [-0.25, -0.2) is 0 Å². The molecule has 0 heterocycles. The van der Waals surface area contributed by atoms with Gasteiger partial charge in [0, 0.05) is 6.42 Å². The van der Waals surface area contributed by atoms with Crippen LogP contribution in [0, 0.1) is 12.3 Å². The van der Waals surface area contributed by atoms with E-state index in [4.69, 9.17) is 6.42 Å². The van der Waals surface area contributed by atoms with Crippen LogP contribution in [0.2, 0.25) is 0 Å². The molecule has 0 fully saturated rings. The summed E-state index contributed by atoms with van der Waals surface area (Å²) in [6, 6.07) is 9.56. The van der Waals surface area contributed by atoms with Crippen LogP contribution in [0.4, 0.5) is 0 Å². The van der Waals surface area contributed by atoms with Gasteiger partial charge < -0.3 is 5.11 Å². The normalized spacial score (nSPS) is 13.6. The highest BCUT2D eigenvalue weighted by Gasteiger charge is 2.35. The van der Waals surface area contributed by atoms with Gasteiger partial charge in [0.1, 0.15) is 5.54 Å². The molecule has 1 unspecified atom stereocenters. The van der Waals surface area contributed by atoms with Crippen molar-refractivity contribution in [2.24, 2.45) is 0 Å². The van der Waals surface area contributed by atoms with Gasteiger partial charge in [0.15, 0.2) is 0 Å². The van der Waals surface area contributed by atoms with Gasteiger partial charge in [-0.05, 0) is 12.0 Å². The van der Waals surface area contributed by atoms with Crippen LogP contribution >= 0.6 is 0 Å². The van der Waals surface area contributed by atoms with Crippen molar-refractivity contribution in [2.75, 3.05) is 6.54 Å². The van der Waals surface area contributed by atoms with Gasteiger partial charge in [-0.3, -0.25) is 10.1 Å². The summed E-state index contributed by atoms with van der Waals surface area (Å²) in [4.78, 5) is 11.4. The van der Waals surface area contributed by atoms with Crippen molar-refractivity contribution in [1.82, 2.24) is 5.32 Å². The quantitative estimate of drug-likeness (QED) is 0.732. The molecule has 3 nitrogen and oxygen atoms in total. The van der Waals surface area contributed by atoms with E-state index in [2.05, 4.69) is 11.2 Å². The fourth-order valence-corrected chi connectivity index (χ4v) is 1.78. The Morgan fingerprint density at radius 2 is 2.12 bits per heavy atom. The van der Waals surface area contributed by atoms with Crippen LogP contribution < -0.4 is 5.32 Å². The first kappa shape index (κ1) is 13.3. The van der Waals surface area contributed by atoms with Crippen molar-refractivity contribution in [1.29, 1.82) is 0 Å². The summed E-state index contributed by atoms with van der Waals surface area (Å²) < 4.78 is 0. The van der Waals surface area contributed by atoms with Crippen LogP contribution in [-0.2, 0) is 11.2 Å². The molecule has 3 heteroatoms. The van der Waals surface area contributed by atoms with Crippen molar-refractivity contribution >= 4 is 5.97 Å². The molecule has 90 valence electrons. The molecule has 0 aromatic heterocycles. The molecule has 1 atom stereocenters. The van der Waals surface area contributed by atoms with Crippen LogP contribution in [0.25, 0.3) is 0 Å². The molecule has 0 aliphatic carbocycles. The van der Waals surface area contributed by atoms with E-state index in [9.17, 15) is 9.90 Å². The number of hydrogen-bond acceptors (Lipinski definition) is 2. The van der Waals surface area contributed by atoms with E-state index >= 15 is 0 Å². The first-order valence-corrected chi connectivity index (χ1v) is 5.60. The largest absolute Gasteiger partial charge is 0.480 e. The fraction of sp³-hybridized carbons (Fsp3) is 0.357. The molecule has 1 aromatic carbocycles. The lowest BCUT2D eigenvalue weighted by atomic mass is 9.88. The predicted molar refractivity (Wildman–Crippen MR) is 67.6 cm³/mol. The summed E-state index contributed by atoms with van der Waals surface area (Å²) in [5.41, 5.74) is 0.00884. The number of aliphatic carboxylic acids is 1. The molecule has 0 saturated carbocycles. The Hall–Kier alpha value is -1.79. The third-order valence-corrected chi connectivity index (χ3v) is 2.89. The summed E-state index contributed by atoms with van der Waals surface area (Å²) in [7, 11) is 0. The smallest absolute Gasteiger partial charge is 0.324 e. The minimum Gasteiger partial charge on any atom is -0.480 e. The number of hydrogen-bond donors (Lipinski definition) is 2. The van der Waals surface area contributed by atoms with E-state index in [0.717, 1.165) is 5.56 Å². The fourth-order valence-electron chi connectivity index (χ4n) is 1.78. The Balaban J connectivity index is 2.91. The second-order valence-corrected chi connectivity index (χ2v) is 3.96. The average molecular weight is 231 g/mol. The lowest BCUT2D eigenvalue weighted by molar-refractivity contribution is -0.145. The molecule has 17 heavy (non-hydrogen) atoms. The number of rotatable bonds is 6. The molecule has 0 saturated heterocycles. The number of benzene rings is 1. The van der Waals surface area contributed by atoms with Crippen molar-refractivity contribution in [3.63, 3.8) is 0 Å². The van der Waals surface area contributed by atoms with Crippen LogP contribution in [-0.4, -0.2) is 23.2 Å². The van der Waals surface area contributed by atoms with E-state index in [1.54, 1.807) is 0 Å². The minimum atomic E-state index is -0.978. The average Bonchev–Trinajstić information content (AvgIpc) is 2.35. The van der Waals surface area contributed by atoms with Gasteiger partial charge in [0.25, 0.3) is 0 Å². The molecule has 1 aromatic rings. The Bertz CT molecular complexity index is 408. The van der Waals surface area contributed by atoms with Gasteiger partial charge >= 0.3 is 5.97 Å². The number of carboxylic acids is 1. The van der Waals surface area contributed by atoms with Crippen molar-refractivity contribution in [3.8, 4) is 12.3 Å². The van der Waals surface area contributed by atoms with Gasteiger partial charge in [-0.15, -0.1) is 6.42 Å². The van der Waals surface area contributed by atoms with E-state index in [1.165, 1.54) is 0 Å². The zero-order valence-corrected chi connectivity index (χ0v) is 9.94. The van der Waals surface area contributed by atoms with Crippen molar-refractivity contribution in [3.05, 3.63) is 35.9 Å². The molecule has 2 N–H and O–H groups in total. The second kappa shape index (κ2) is 6.07. The number of terminal acetylenes is 1. The summed E-state index contributed by atoms with van der Waals surface area (Å²) in [6.07, 6.45) is 6.10. The molecule has 1 rings (SSSR count).